The third-order valence-electron chi connectivity index (χ3n) is 7.50. The van der Waals surface area contributed by atoms with Crippen LogP contribution in [0.15, 0.2) is 34.8 Å². The Morgan fingerprint density at radius 1 is 1.20 bits per heavy atom. The molecular weight excluding hydrogens is 605 g/mol. The highest BCUT2D eigenvalue weighted by Gasteiger charge is 2.36. The second-order valence-electron chi connectivity index (χ2n) is 11.5. The number of likely N-dealkylation sites (N-methyl/N-ethyl adjacent to an activating group) is 1. The first-order valence-corrected chi connectivity index (χ1v) is 15.0. The van der Waals surface area contributed by atoms with E-state index in [9.17, 15) is 14.9 Å². The molecule has 234 valence electrons. The highest BCUT2D eigenvalue weighted by molar-refractivity contribution is 6.41. The van der Waals surface area contributed by atoms with Crippen LogP contribution in [-0.4, -0.2) is 83.7 Å². The molecule has 1 fully saturated rings. The van der Waals surface area contributed by atoms with Crippen molar-refractivity contribution in [2.45, 2.75) is 40.3 Å². The number of halogens is 2. The zero-order valence-electron chi connectivity index (χ0n) is 26.0. The zero-order chi connectivity index (χ0) is 32.3. The fraction of sp³-hybridized carbons (Fsp3) is 0.452. The van der Waals surface area contributed by atoms with Gasteiger partial charge >= 0.3 is 0 Å². The van der Waals surface area contributed by atoms with E-state index in [1.807, 2.05) is 27.7 Å². The molecule has 3 aromatic rings. The van der Waals surface area contributed by atoms with Gasteiger partial charge in [0.1, 0.15) is 28.8 Å². The molecule has 0 radical (unpaired) electrons. The van der Waals surface area contributed by atoms with E-state index in [1.165, 1.54) is 14.2 Å². The number of amides is 1. The number of carbonyl (C=O) groups is 1. The molecule has 1 amide bonds. The molecular formula is C31H37Cl2N7O4. The van der Waals surface area contributed by atoms with Gasteiger partial charge in [-0.25, -0.2) is 4.98 Å². The number of carbonyl (C=O) groups excluding carboxylic acids is 1. The van der Waals surface area contributed by atoms with E-state index in [0.29, 0.717) is 66.8 Å². The summed E-state index contributed by atoms with van der Waals surface area (Å²) in [5.74, 6) is 0.737. The van der Waals surface area contributed by atoms with E-state index >= 15 is 0 Å². The summed E-state index contributed by atoms with van der Waals surface area (Å²) in [6.07, 6.45) is 3.35. The number of fused-ring (bicyclic) bond motifs is 1. The monoisotopic (exact) mass is 641 g/mol. The summed E-state index contributed by atoms with van der Waals surface area (Å²) >= 11 is 13.4. The lowest BCUT2D eigenvalue weighted by Crippen LogP contribution is -2.61. The minimum Gasteiger partial charge on any atom is -0.495 e. The standard InChI is InChI=1S/C31H37Cl2N7O4/c1-8-38(20-16-39(17-20)28(41)19(14-34)13-31(2,3)4)9-10-40-27-18(15-36-30(35-5)37-27)11-21(29(40)42)24-25(32)22(43-6)12-23(44-7)26(24)33/h11-13,15,20H,8-10,16-17H2,1-7H3,(H,35,36,37). The van der Waals surface area contributed by atoms with Gasteiger partial charge in [0.2, 0.25) is 5.95 Å². The number of benzene rings is 1. The Morgan fingerprint density at radius 2 is 1.84 bits per heavy atom. The molecule has 44 heavy (non-hydrogen) atoms. The van der Waals surface area contributed by atoms with E-state index in [2.05, 4.69) is 26.3 Å². The molecule has 11 nitrogen and oxygen atoms in total. The maximum atomic E-state index is 14.2. The summed E-state index contributed by atoms with van der Waals surface area (Å²) in [5, 5.41) is 13.5. The molecule has 1 N–H and O–H groups in total. The summed E-state index contributed by atoms with van der Waals surface area (Å²) in [7, 11) is 4.65. The van der Waals surface area contributed by atoms with Crippen molar-refractivity contribution in [3.63, 3.8) is 0 Å². The van der Waals surface area contributed by atoms with Crippen molar-refractivity contribution in [2.24, 2.45) is 5.41 Å². The number of anilines is 1. The SMILES string of the molecule is CCN(CCn1c(=O)c(-c2c(Cl)c(OC)cc(OC)c2Cl)cc2cnc(NC)nc21)C1CN(C(=O)C(C#N)=CC(C)(C)C)C1. The lowest BCUT2D eigenvalue weighted by Gasteiger charge is -2.45. The Balaban J connectivity index is 1.68. The lowest BCUT2D eigenvalue weighted by atomic mass is 9.93. The van der Waals surface area contributed by atoms with Gasteiger partial charge in [-0.1, -0.05) is 57.0 Å². The third kappa shape index (κ3) is 6.62. The van der Waals surface area contributed by atoms with Gasteiger partial charge in [0.15, 0.2) is 0 Å². The molecule has 1 aromatic carbocycles. The summed E-state index contributed by atoms with van der Waals surface area (Å²) in [6.45, 7) is 10.4. The highest BCUT2D eigenvalue weighted by atomic mass is 35.5. The van der Waals surface area contributed by atoms with Gasteiger partial charge < -0.3 is 19.7 Å². The number of methoxy groups -OCH3 is 2. The van der Waals surface area contributed by atoms with Gasteiger partial charge in [-0.3, -0.25) is 19.1 Å². The molecule has 0 bridgehead atoms. The van der Waals surface area contributed by atoms with Crippen LogP contribution in [0.3, 0.4) is 0 Å². The second kappa shape index (κ2) is 13.4. The molecule has 0 aliphatic carbocycles. The molecule has 1 saturated heterocycles. The Morgan fingerprint density at radius 3 is 2.36 bits per heavy atom. The summed E-state index contributed by atoms with van der Waals surface area (Å²) in [5.41, 5.74) is 0.521. The number of nitrogens with zero attached hydrogens (tertiary/aromatic N) is 6. The summed E-state index contributed by atoms with van der Waals surface area (Å²) in [4.78, 5) is 40.0. The van der Waals surface area contributed by atoms with Crippen LogP contribution in [0.4, 0.5) is 5.95 Å². The van der Waals surface area contributed by atoms with Crippen LogP contribution in [0.5, 0.6) is 11.5 Å². The van der Waals surface area contributed by atoms with Crippen molar-refractivity contribution in [3.8, 4) is 28.7 Å². The quantitative estimate of drug-likeness (QED) is 0.244. The van der Waals surface area contributed by atoms with Crippen LogP contribution < -0.4 is 20.3 Å². The summed E-state index contributed by atoms with van der Waals surface area (Å²) in [6, 6.07) is 5.37. The van der Waals surface area contributed by atoms with Gasteiger partial charge in [0, 0.05) is 62.5 Å². The maximum absolute atomic E-state index is 14.2. The number of nitrogens with one attached hydrogen (secondary N) is 1. The molecule has 13 heteroatoms. The Kier molecular flexibility index (Phi) is 10.1. The van der Waals surface area contributed by atoms with Crippen LogP contribution in [0.2, 0.25) is 10.0 Å². The number of pyridine rings is 1. The number of likely N-dealkylation sites (tertiary alicyclic amines) is 1. The normalized spacial score (nSPS) is 14.0. The van der Waals surface area contributed by atoms with E-state index in [1.54, 1.807) is 40.9 Å². The van der Waals surface area contributed by atoms with Gasteiger partial charge in [0.05, 0.1) is 29.8 Å². The lowest BCUT2D eigenvalue weighted by molar-refractivity contribution is -0.134. The largest absolute Gasteiger partial charge is 0.495 e. The highest BCUT2D eigenvalue weighted by Crippen LogP contribution is 2.45. The first-order chi connectivity index (χ1) is 20.9. The molecule has 1 aliphatic heterocycles. The van der Waals surface area contributed by atoms with Gasteiger partial charge in [0.25, 0.3) is 11.5 Å². The van der Waals surface area contributed by atoms with Crippen molar-refractivity contribution in [3.05, 3.63) is 50.4 Å². The van der Waals surface area contributed by atoms with Crippen molar-refractivity contribution in [1.82, 2.24) is 24.3 Å². The average molecular weight is 643 g/mol. The molecule has 0 atom stereocenters. The Hall–Kier alpha value is -3.85. The molecule has 1 aliphatic rings. The predicted molar refractivity (Wildman–Crippen MR) is 173 cm³/mol. The van der Waals surface area contributed by atoms with E-state index < -0.39 is 0 Å². The minimum absolute atomic E-state index is 0.0812. The molecule has 0 spiro atoms. The number of ether oxygens (including phenoxy) is 2. The van der Waals surface area contributed by atoms with Crippen LogP contribution in [-0.2, 0) is 11.3 Å². The van der Waals surface area contributed by atoms with Crippen LogP contribution >= 0.6 is 23.2 Å². The smallest absolute Gasteiger partial charge is 0.264 e. The number of allylic oxidation sites excluding steroid dienone is 1. The van der Waals surface area contributed by atoms with E-state index in [4.69, 9.17) is 32.7 Å². The van der Waals surface area contributed by atoms with E-state index in [-0.39, 0.29) is 44.1 Å². The third-order valence-corrected chi connectivity index (χ3v) is 8.26. The van der Waals surface area contributed by atoms with Crippen LogP contribution in [0.1, 0.15) is 27.7 Å². The topological polar surface area (TPSA) is 126 Å². The van der Waals surface area contributed by atoms with Crippen LogP contribution in [0, 0.1) is 16.7 Å². The molecule has 3 heterocycles. The number of nitriles is 1. The first-order valence-electron chi connectivity index (χ1n) is 14.2. The van der Waals surface area contributed by atoms with Crippen LogP contribution in [0.25, 0.3) is 22.2 Å². The first kappa shape index (κ1) is 33.1. The number of aromatic nitrogens is 3. The predicted octanol–water partition coefficient (Wildman–Crippen LogP) is 4.85. The molecule has 2 aromatic heterocycles. The molecule has 0 saturated carbocycles. The molecule has 0 unspecified atom stereocenters. The Labute approximate surface area is 267 Å². The summed E-state index contributed by atoms with van der Waals surface area (Å²) < 4.78 is 12.5. The van der Waals surface area contributed by atoms with Gasteiger partial charge in [-0.15, -0.1) is 0 Å². The van der Waals surface area contributed by atoms with Gasteiger partial charge in [-0.05, 0) is 18.0 Å². The van der Waals surface area contributed by atoms with Crippen molar-refractivity contribution >= 4 is 46.1 Å². The number of hydrogen-bond donors (Lipinski definition) is 1. The Bertz CT molecular complexity index is 1670. The van der Waals surface area contributed by atoms with Crippen molar-refractivity contribution in [1.29, 1.82) is 5.26 Å². The maximum Gasteiger partial charge on any atom is 0.264 e. The fourth-order valence-corrected chi connectivity index (χ4v) is 5.92. The average Bonchev–Trinajstić information content (AvgIpc) is 2.97. The number of rotatable bonds is 10. The second-order valence-corrected chi connectivity index (χ2v) is 12.3. The number of hydrogen-bond acceptors (Lipinski definition) is 9. The fourth-order valence-electron chi connectivity index (χ4n) is 5.21. The zero-order valence-corrected chi connectivity index (χ0v) is 27.5. The molecule has 4 rings (SSSR count). The minimum atomic E-state index is -0.343. The van der Waals surface area contributed by atoms with E-state index in [0.717, 1.165) is 0 Å². The van der Waals surface area contributed by atoms with Crippen molar-refractivity contribution in [2.75, 3.05) is 52.8 Å². The van der Waals surface area contributed by atoms with Crippen molar-refractivity contribution < 1.29 is 14.3 Å². The van der Waals surface area contributed by atoms with Gasteiger partial charge in [-0.2, -0.15) is 10.2 Å².